The molecule has 8 atom stereocenters. The van der Waals surface area contributed by atoms with Gasteiger partial charge in [0.25, 0.3) is 0 Å². The predicted molar refractivity (Wildman–Crippen MR) is 235 cm³/mol. The number of aliphatic hydroxyl groups excluding tert-OH is 1. The molecular weight excluding hydrogens is 859 g/mol. The van der Waals surface area contributed by atoms with Crippen LogP contribution in [0.5, 0.6) is 0 Å². The summed E-state index contributed by atoms with van der Waals surface area (Å²) in [6.07, 6.45) is 0.965. The first-order valence-electron chi connectivity index (χ1n) is 20.7. The van der Waals surface area contributed by atoms with Gasteiger partial charge in [-0.15, -0.1) is 0 Å². The molecule has 0 radical (unpaired) electrons. The first-order valence-corrected chi connectivity index (χ1v) is 21.4. The van der Waals surface area contributed by atoms with Gasteiger partial charge in [-0.05, 0) is 64.0 Å². The number of aliphatic carboxylic acids is 1. The number of nitrogens with one attached hydrogen (secondary N) is 6. The normalized spacial score (nSPS) is 16.6. The lowest BCUT2D eigenvalue weighted by atomic mass is 10.0. The zero-order valence-electron chi connectivity index (χ0n) is 35.7. The van der Waals surface area contributed by atoms with Gasteiger partial charge in [-0.1, -0.05) is 30.3 Å². The summed E-state index contributed by atoms with van der Waals surface area (Å²) in [5.74, 6) is -8.68. The summed E-state index contributed by atoms with van der Waals surface area (Å²) >= 11 is 4.16. The Balaban J connectivity index is 2.29. The molecule has 1 saturated heterocycles. The van der Waals surface area contributed by atoms with E-state index in [1.54, 1.807) is 30.3 Å². The van der Waals surface area contributed by atoms with E-state index in [-0.39, 0.29) is 63.5 Å². The van der Waals surface area contributed by atoms with Crippen LogP contribution in [-0.4, -0.2) is 155 Å². The monoisotopic (exact) mass is 921 g/mol. The lowest BCUT2D eigenvalue weighted by Crippen LogP contribution is -2.61. The smallest absolute Gasteiger partial charge is 0.326 e. The Bertz CT molecular complexity index is 1800. The lowest BCUT2D eigenvalue weighted by Gasteiger charge is -2.30. The molecule has 1 aliphatic heterocycles. The predicted octanol–water partition coefficient (Wildman–Crippen LogP) is -5.46. The highest BCUT2D eigenvalue weighted by molar-refractivity contribution is 7.80. The van der Waals surface area contributed by atoms with Crippen LogP contribution >= 0.6 is 12.6 Å². The minimum atomic E-state index is -1.66. The topological polar surface area (TPSA) is 412 Å². The van der Waals surface area contributed by atoms with Gasteiger partial charge in [0.05, 0.1) is 19.1 Å². The van der Waals surface area contributed by atoms with E-state index in [2.05, 4.69) is 49.5 Å². The van der Waals surface area contributed by atoms with Gasteiger partial charge in [-0.25, -0.2) is 4.79 Å². The van der Waals surface area contributed by atoms with E-state index in [1.807, 2.05) is 0 Å². The number of thiol groups is 1. The fourth-order valence-electron chi connectivity index (χ4n) is 6.53. The zero-order chi connectivity index (χ0) is 47.9. The number of guanidine groups is 1. The Labute approximate surface area is 375 Å². The molecule has 356 valence electrons. The second-order valence-electron chi connectivity index (χ2n) is 15.1. The number of carboxylic acid groups (broad SMARTS) is 1. The standard InChI is InChI=1S/C39H63N13O11S/c1-21(41)31(55)48-26(18-30(42)54)33(57)51-28(20-64)35(59)49-25(17-22-9-3-2-4-10-22)32(56)50-27(19-53)34(58)46-23(11-5-6-14-40)37(61)52-16-8-13-29(52)36(60)47-24(38(62)63)12-7-15-45-39(43)44/h2-4,9-10,21,23-29,53,64H,5-8,11-20,40-41H2,1H3,(H2,42,54)(H,46,58)(H,47,60)(H,48,55)(H,49,59)(H,50,56)(H,51,57)(H,62,63)(H4,43,44,45)/t21-,23-,24-,25-,26-,27-,28-,29-/m0/s1. The Morgan fingerprint density at radius 1 is 0.766 bits per heavy atom. The van der Waals surface area contributed by atoms with Gasteiger partial charge in [0.1, 0.15) is 42.3 Å². The molecule has 0 unspecified atom stereocenters. The third kappa shape index (κ3) is 18.4. The summed E-state index contributed by atoms with van der Waals surface area (Å²) in [6, 6.07) is -2.28. The van der Waals surface area contributed by atoms with E-state index in [1.165, 1.54) is 11.8 Å². The maximum Gasteiger partial charge on any atom is 0.326 e. The van der Waals surface area contributed by atoms with Crippen LogP contribution in [0.25, 0.3) is 0 Å². The molecule has 1 aromatic carbocycles. The summed E-state index contributed by atoms with van der Waals surface area (Å²) in [7, 11) is 0. The highest BCUT2D eigenvalue weighted by atomic mass is 32.1. The van der Waals surface area contributed by atoms with E-state index in [0.29, 0.717) is 24.8 Å². The molecule has 24 nitrogen and oxygen atoms in total. The van der Waals surface area contributed by atoms with Crippen molar-refractivity contribution in [2.75, 3.05) is 32.0 Å². The number of benzene rings is 1. The number of amides is 8. The van der Waals surface area contributed by atoms with Crippen molar-refractivity contribution in [2.24, 2.45) is 33.7 Å². The van der Waals surface area contributed by atoms with Gasteiger partial charge < -0.3 is 75.7 Å². The highest BCUT2D eigenvalue weighted by Crippen LogP contribution is 2.21. The first-order chi connectivity index (χ1) is 30.3. The van der Waals surface area contributed by atoms with Crippen LogP contribution in [0.3, 0.4) is 0 Å². The third-order valence-corrected chi connectivity index (χ3v) is 10.3. The maximum absolute atomic E-state index is 14.1. The van der Waals surface area contributed by atoms with E-state index in [4.69, 9.17) is 28.7 Å². The molecule has 18 N–H and O–H groups in total. The number of aliphatic hydroxyl groups is 1. The van der Waals surface area contributed by atoms with Crippen molar-refractivity contribution in [3.8, 4) is 0 Å². The molecule has 1 heterocycles. The summed E-state index contributed by atoms with van der Waals surface area (Å²) in [5, 5.41) is 34.7. The van der Waals surface area contributed by atoms with Crippen LogP contribution in [0.1, 0.15) is 63.9 Å². The Morgan fingerprint density at radius 2 is 1.33 bits per heavy atom. The second kappa shape index (κ2) is 27.9. The minimum Gasteiger partial charge on any atom is -0.480 e. The highest BCUT2D eigenvalue weighted by Gasteiger charge is 2.40. The van der Waals surface area contributed by atoms with Crippen LogP contribution in [-0.2, 0) is 49.6 Å². The van der Waals surface area contributed by atoms with E-state index in [9.17, 15) is 53.4 Å². The summed E-state index contributed by atoms with van der Waals surface area (Å²) in [6.45, 7) is 0.909. The maximum atomic E-state index is 14.1. The van der Waals surface area contributed by atoms with E-state index >= 15 is 0 Å². The number of aliphatic imine (C=N–C) groups is 1. The van der Waals surface area contributed by atoms with Crippen molar-refractivity contribution in [2.45, 2.75) is 113 Å². The van der Waals surface area contributed by atoms with Crippen molar-refractivity contribution >= 4 is 71.8 Å². The van der Waals surface area contributed by atoms with Crippen LogP contribution in [0, 0.1) is 0 Å². The number of hydrogen-bond acceptors (Lipinski definition) is 14. The van der Waals surface area contributed by atoms with Crippen molar-refractivity contribution in [3.63, 3.8) is 0 Å². The van der Waals surface area contributed by atoms with Crippen LogP contribution in [0.4, 0.5) is 0 Å². The van der Waals surface area contributed by atoms with Gasteiger partial charge in [0.2, 0.25) is 47.3 Å². The molecule has 1 aromatic rings. The van der Waals surface area contributed by atoms with E-state index < -0.39 is 115 Å². The number of unbranched alkanes of at least 4 members (excludes halogenated alkanes) is 1. The average Bonchev–Trinajstić information content (AvgIpc) is 3.75. The number of likely N-dealkylation sites (tertiary alicyclic amines) is 1. The lowest BCUT2D eigenvalue weighted by molar-refractivity contribution is -0.145. The Hall–Kier alpha value is -6.05. The fourth-order valence-corrected chi connectivity index (χ4v) is 6.79. The number of carbonyl (C=O) groups excluding carboxylic acids is 8. The van der Waals surface area contributed by atoms with Crippen LogP contribution in [0.2, 0.25) is 0 Å². The molecule has 1 fully saturated rings. The molecule has 2 rings (SSSR count). The largest absolute Gasteiger partial charge is 0.480 e. The van der Waals surface area contributed by atoms with Gasteiger partial charge in [0, 0.05) is 25.3 Å². The van der Waals surface area contributed by atoms with Gasteiger partial charge >= 0.3 is 5.97 Å². The quantitative estimate of drug-likeness (QED) is 0.0161. The number of primary amides is 1. The fraction of sp³-hybridized carbons (Fsp3) is 0.590. The van der Waals surface area contributed by atoms with Crippen molar-refractivity contribution < 1.29 is 53.4 Å². The molecule has 25 heteroatoms. The van der Waals surface area contributed by atoms with Crippen LogP contribution < -0.4 is 60.6 Å². The molecule has 0 aliphatic carbocycles. The SMILES string of the molecule is C[C@H](N)C(=O)N[C@@H](CC(N)=O)C(=O)N[C@@H](CS)C(=O)N[C@@H](Cc1ccccc1)C(=O)N[C@@H](CO)C(=O)N[C@@H](CCCCN)C(=O)N1CCC[C@H]1C(=O)N[C@@H](CCCN=C(N)N)C(=O)O. The van der Waals surface area contributed by atoms with Crippen molar-refractivity contribution in [3.05, 3.63) is 35.9 Å². The molecule has 1 aliphatic rings. The van der Waals surface area contributed by atoms with Gasteiger partial charge in [0.15, 0.2) is 5.96 Å². The third-order valence-electron chi connectivity index (χ3n) is 9.96. The number of rotatable bonds is 28. The summed E-state index contributed by atoms with van der Waals surface area (Å²) in [4.78, 5) is 123. The zero-order valence-corrected chi connectivity index (χ0v) is 36.6. The van der Waals surface area contributed by atoms with Gasteiger partial charge in [-0.3, -0.25) is 43.3 Å². The van der Waals surface area contributed by atoms with Gasteiger partial charge in [-0.2, -0.15) is 12.6 Å². The first kappa shape index (κ1) is 54.1. The molecule has 0 saturated carbocycles. The average molecular weight is 922 g/mol. The minimum absolute atomic E-state index is 0.00155. The number of hydrogen-bond donors (Lipinski definition) is 14. The number of carbonyl (C=O) groups is 9. The summed E-state index contributed by atoms with van der Waals surface area (Å²) in [5.41, 5.74) is 27.7. The molecular formula is C39H63N13O11S. The molecule has 0 spiro atoms. The Morgan fingerprint density at radius 3 is 1.91 bits per heavy atom. The number of carboxylic acids is 1. The summed E-state index contributed by atoms with van der Waals surface area (Å²) < 4.78 is 0. The van der Waals surface area contributed by atoms with Crippen molar-refractivity contribution in [1.29, 1.82) is 0 Å². The molecule has 8 amide bonds. The molecule has 64 heavy (non-hydrogen) atoms. The van der Waals surface area contributed by atoms with Crippen molar-refractivity contribution in [1.82, 2.24) is 36.8 Å². The molecule has 0 aromatic heterocycles. The molecule has 0 bridgehead atoms. The number of nitrogens with two attached hydrogens (primary N) is 5. The Kier molecular flexibility index (Phi) is 23.6. The second-order valence-corrected chi connectivity index (χ2v) is 15.5. The van der Waals surface area contributed by atoms with Crippen LogP contribution in [0.15, 0.2) is 35.3 Å². The number of nitrogens with zero attached hydrogens (tertiary/aromatic N) is 2. The van der Waals surface area contributed by atoms with E-state index in [0.717, 1.165) is 0 Å².